The lowest BCUT2D eigenvalue weighted by molar-refractivity contribution is 0.0366. The number of phenolic OH excluding ortho intramolecular Hbond substituents is 10. The van der Waals surface area contributed by atoms with Gasteiger partial charge in [-0.1, -0.05) is 48.5 Å². The average molecular weight is 925 g/mol. The monoisotopic (exact) mass is 924 g/mol. The highest BCUT2D eigenvalue weighted by atomic mass is 16.5. The van der Waals surface area contributed by atoms with Crippen LogP contribution in [0.3, 0.4) is 0 Å². The Kier molecular flexibility index (Phi) is 10.3. The van der Waals surface area contributed by atoms with Crippen molar-refractivity contribution in [3.63, 3.8) is 0 Å². The van der Waals surface area contributed by atoms with Gasteiger partial charge in [0.25, 0.3) is 0 Å². The summed E-state index contributed by atoms with van der Waals surface area (Å²) in [5.74, 6) is -3.71. The van der Waals surface area contributed by atoms with Crippen LogP contribution >= 0.6 is 0 Å². The quantitative estimate of drug-likeness (QED) is 0.0685. The summed E-state index contributed by atoms with van der Waals surface area (Å²) in [4.78, 5) is 0. The summed E-state index contributed by atoms with van der Waals surface area (Å²) in [7, 11) is 0. The number of aromatic hydroxyl groups is 10. The molecule has 1 saturated heterocycles. The van der Waals surface area contributed by atoms with Crippen LogP contribution in [0.15, 0.2) is 158 Å². The van der Waals surface area contributed by atoms with Crippen LogP contribution in [0.25, 0.3) is 0 Å². The summed E-state index contributed by atoms with van der Waals surface area (Å²) < 4.78 is 21.0. The Morgan fingerprint density at radius 3 is 0.841 bits per heavy atom. The Labute approximate surface area is 394 Å². The highest BCUT2D eigenvalue weighted by Crippen LogP contribution is 2.66. The molecule has 8 aromatic carbocycles. The Morgan fingerprint density at radius 1 is 0.261 bits per heavy atom. The van der Waals surface area contributed by atoms with E-state index < -0.39 is 48.1 Å². The Bertz CT molecular complexity index is 2990. The summed E-state index contributed by atoms with van der Waals surface area (Å²) in [5, 5.41) is 109. The maximum Gasteiger partial charge on any atom is 0.135 e. The van der Waals surface area contributed by atoms with Gasteiger partial charge in [0.05, 0.1) is 24.0 Å². The normalized spacial score (nSPS) is 22.4. The molecule has 0 unspecified atom stereocenters. The van der Waals surface area contributed by atoms with E-state index >= 15 is 0 Å². The number of phenols is 10. The molecule has 3 aliphatic heterocycles. The Hall–Kier alpha value is -8.68. The number of hydrogen-bond donors (Lipinski definition) is 10. The van der Waals surface area contributed by atoms with Crippen LogP contribution in [0.2, 0.25) is 0 Å². The third kappa shape index (κ3) is 7.68. The second-order valence-electron chi connectivity index (χ2n) is 17.9. The molecule has 3 aliphatic rings. The molecule has 69 heavy (non-hydrogen) atoms. The van der Waals surface area contributed by atoms with Gasteiger partial charge < -0.3 is 65.3 Å². The number of ether oxygens (including phenoxy) is 3. The average Bonchev–Trinajstić information content (AvgIpc) is 4.01. The topological polar surface area (TPSA) is 230 Å². The summed E-state index contributed by atoms with van der Waals surface area (Å²) in [6.07, 6.45) is -3.42. The lowest BCUT2D eigenvalue weighted by Crippen LogP contribution is -2.19. The Morgan fingerprint density at radius 2 is 0.536 bits per heavy atom. The zero-order valence-electron chi connectivity index (χ0n) is 36.3. The minimum absolute atomic E-state index is 0.00695. The fourth-order valence-corrected chi connectivity index (χ4v) is 10.8. The zero-order chi connectivity index (χ0) is 47.8. The van der Waals surface area contributed by atoms with E-state index in [1.54, 1.807) is 84.9 Å². The smallest absolute Gasteiger partial charge is 0.135 e. The van der Waals surface area contributed by atoms with E-state index in [2.05, 4.69) is 0 Å². The van der Waals surface area contributed by atoms with E-state index in [9.17, 15) is 51.1 Å². The van der Waals surface area contributed by atoms with Crippen molar-refractivity contribution in [3.05, 3.63) is 213 Å². The SMILES string of the molecule is Oc1ccc([C@H]2Oc3cc(O)cc([C@@H]4[C@H](c5cc(O)cc6c5[C@@H](c5cc(O)cc(O)c5)[C@H](c5ccc(O)cc5)O6)[C@@H](c5ccc(O)cc5)O[C@@H]4c4ccc(O)cc4)c3[C@@H]2c2cc(O)cc(O)c2)cc1. The molecule has 0 spiro atoms. The van der Waals surface area contributed by atoms with Crippen molar-refractivity contribution in [2.24, 2.45) is 0 Å². The lowest BCUT2D eigenvalue weighted by atomic mass is 9.69. The summed E-state index contributed by atoms with van der Waals surface area (Å²) in [6.45, 7) is 0. The molecule has 0 saturated carbocycles. The van der Waals surface area contributed by atoms with Gasteiger partial charge >= 0.3 is 0 Å². The van der Waals surface area contributed by atoms with Crippen molar-refractivity contribution in [1.29, 1.82) is 0 Å². The molecule has 8 aromatic rings. The fourth-order valence-electron chi connectivity index (χ4n) is 10.8. The van der Waals surface area contributed by atoms with Crippen LogP contribution in [0.1, 0.15) is 104 Å². The fraction of sp³-hybridized carbons (Fsp3) is 0.143. The van der Waals surface area contributed by atoms with Crippen LogP contribution in [-0.2, 0) is 4.74 Å². The number of fused-ring (bicyclic) bond motifs is 2. The third-order valence-corrected chi connectivity index (χ3v) is 13.6. The molecule has 0 bridgehead atoms. The maximum absolute atomic E-state index is 11.8. The van der Waals surface area contributed by atoms with E-state index in [0.717, 1.165) is 0 Å². The second-order valence-corrected chi connectivity index (χ2v) is 17.9. The molecule has 10 N–H and O–H groups in total. The van der Waals surface area contributed by atoms with Crippen molar-refractivity contribution in [3.8, 4) is 69.0 Å². The van der Waals surface area contributed by atoms with Crippen LogP contribution in [0, 0.1) is 0 Å². The molecule has 346 valence electrons. The number of rotatable bonds is 8. The molecule has 0 radical (unpaired) electrons. The van der Waals surface area contributed by atoms with Crippen molar-refractivity contribution >= 4 is 0 Å². The van der Waals surface area contributed by atoms with Gasteiger partial charge in [0.15, 0.2) is 0 Å². The van der Waals surface area contributed by atoms with Gasteiger partial charge in [-0.2, -0.15) is 0 Å². The molecule has 0 aliphatic carbocycles. The molecule has 8 atom stereocenters. The highest BCUT2D eigenvalue weighted by Gasteiger charge is 2.53. The highest BCUT2D eigenvalue weighted by molar-refractivity contribution is 5.63. The van der Waals surface area contributed by atoms with Gasteiger partial charge in [-0.05, 0) is 129 Å². The van der Waals surface area contributed by atoms with Crippen LogP contribution in [-0.4, -0.2) is 51.1 Å². The van der Waals surface area contributed by atoms with E-state index in [0.29, 0.717) is 55.6 Å². The largest absolute Gasteiger partial charge is 0.508 e. The standard InChI is InChI=1S/C56H44O13/c57-33-9-1-27(2-10-33)53-47(31-17-37(61)21-38(62)18-31)49-43(23-41(65)25-45(49)67-53)51-52(56(30-7-15-36(60)16-8-30)69-55(51)29-5-13-35(59)14-6-29)44-24-42(66)26-46-50(44)48(32-19-39(63)22-40(64)20-32)54(68-46)28-3-11-34(58)12-4-28/h1-26,47-48,51-66H/t47-,48+,51+,52-,53+,54-,55-,56-/m1/s1. The first-order chi connectivity index (χ1) is 33.3. The molecular formula is C56H44O13. The summed E-state index contributed by atoms with van der Waals surface area (Å²) in [6, 6.07) is 40.9. The van der Waals surface area contributed by atoms with E-state index in [1.807, 2.05) is 0 Å². The molecule has 1 fully saturated rings. The molecule has 13 nitrogen and oxygen atoms in total. The van der Waals surface area contributed by atoms with E-state index in [-0.39, 0.29) is 69.0 Å². The predicted molar refractivity (Wildman–Crippen MR) is 251 cm³/mol. The second kappa shape index (κ2) is 16.6. The molecule has 0 amide bonds. The molecule has 13 heteroatoms. The first-order valence-corrected chi connectivity index (χ1v) is 22.2. The maximum atomic E-state index is 11.8. The van der Waals surface area contributed by atoms with Gasteiger partial charge in [-0.15, -0.1) is 0 Å². The molecule has 3 heterocycles. The van der Waals surface area contributed by atoms with Crippen molar-refractivity contribution in [2.75, 3.05) is 0 Å². The minimum Gasteiger partial charge on any atom is -0.508 e. The Balaban J connectivity index is 1.21. The zero-order valence-corrected chi connectivity index (χ0v) is 36.3. The van der Waals surface area contributed by atoms with Crippen LogP contribution in [0.5, 0.6) is 69.0 Å². The van der Waals surface area contributed by atoms with Crippen LogP contribution in [0.4, 0.5) is 0 Å². The van der Waals surface area contributed by atoms with Gasteiger partial charge in [-0.25, -0.2) is 0 Å². The summed E-state index contributed by atoms with van der Waals surface area (Å²) >= 11 is 0. The van der Waals surface area contributed by atoms with Crippen molar-refractivity contribution in [2.45, 2.75) is 48.1 Å². The summed E-state index contributed by atoms with van der Waals surface area (Å²) in [5.41, 5.74) is 5.69. The van der Waals surface area contributed by atoms with Gasteiger partial charge in [0.1, 0.15) is 81.2 Å². The minimum atomic E-state index is -0.886. The third-order valence-electron chi connectivity index (χ3n) is 13.6. The van der Waals surface area contributed by atoms with Gasteiger partial charge in [0, 0.05) is 47.2 Å². The number of hydrogen-bond acceptors (Lipinski definition) is 13. The van der Waals surface area contributed by atoms with Crippen molar-refractivity contribution < 1.29 is 65.3 Å². The van der Waals surface area contributed by atoms with Gasteiger partial charge in [-0.3, -0.25) is 0 Å². The van der Waals surface area contributed by atoms with Crippen LogP contribution < -0.4 is 9.47 Å². The molecule has 11 rings (SSSR count). The van der Waals surface area contributed by atoms with E-state index in [1.165, 1.54) is 72.8 Å². The van der Waals surface area contributed by atoms with Crippen molar-refractivity contribution in [1.82, 2.24) is 0 Å². The predicted octanol–water partition coefficient (Wildman–Crippen LogP) is 10.7. The molecule has 0 aromatic heterocycles. The number of benzene rings is 8. The first kappa shape index (κ1) is 42.9. The first-order valence-electron chi connectivity index (χ1n) is 22.2. The molecular weight excluding hydrogens is 881 g/mol. The van der Waals surface area contributed by atoms with Gasteiger partial charge in [0.2, 0.25) is 0 Å². The van der Waals surface area contributed by atoms with E-state index in [4.69, 9.17) is 14.2 Å². The lowest BCUT2D eigenvalue weighted by Gasteiger charge is -2.31.